The fourth-order valence-electron chi connectivity index (χ4n) is 3.21. The lowest BCUT2D eigenvalue weighted by molar-refractivity contribution is 0.0701. The van der Waals surface area contributed by atoms with Crippen LogP contribution in [0.3, 0.4) is 0 Å². The van der Waals surface area contributed by atoms with Gasteiger partial charge in [0.05, 0.1) is 40.8 Å². The molecule has 1 heterocycles. The maximum Gasteiger partial charge on any atom is 0.257 e. The van der Waals surface area contributed by atoms with Gasteiger partial charge in [0, 0.05) is 6.54 Å². The zero-order chi connectivity index (χ0) is 19.4. The van der Waals surface area contributed by atoms with Crippen LogP contribution in [0, 0.1) is 18.3 Å². The highest BCUT2D eigenvalue weighted by Crippen LogP contribution is 2.24. The molecule has 0 saturated carbocycles. The van der Waals surface area contributed by atoms with E-state index in [1.54, 1.807) is 23.0 Å². The second-order valence-corrected chi connectivity index (χ2v) is 6.39. The molecule has 0 fully saturated rings. The number of amides is 1. The minimum absolute atomic E-state index is 0.0472. The van der Waals surface area contributed by atoms with E-state index in [1.807, 2.05) is 68.1 Å². The van der Waals surface area contributed by atoms with Gasteiger partial charge in [-0.25, -0.2) is 4.68 Å². The lowest BCUT2D eigenvalue weighted by atomic mass is 10.0. The first-order valence-corrected chi connectivity index (χ1v) is 8.98. The highest BCUT2D eigenvalue weighted by Gasteiger charge is 2.24. The number of hydrogen-bond acceptors (Lipinski definition) is 3. The first kappa shape index (κ1) is 18.4. The Morgan fingerprint density at radius 2 is 1.85 bits per heavy atom. The van der Waals surface area contributed by atoms with E-state index in [0.29, 0.717) is 17.7 Å². The summed E-state index contributed by atoms with van der Waals surface area (Å²) in [5, 5.41) is 13.4. The monoisotopic (exact) mass is 358 g/mol. The number of carbonyl (C=O) groups excluding carboxylic acids is 1. The average molecular weight is 358 g/mol. The Morgan fingerprint density at radius 3 is 2.44 bits per heavy atom. The first-order chi connectivity index (χ1) is 13.1. The van der Waals surface area contributed by atoms with Crippen LogP contribution in [0.5, 0.6) is 0 Å². The summed E-state index contributed by atoms with van der Waals surface area (Å²) in [5.41, 5.74) is 3.95. The molecule has 27 heavy (non-hydrogen) atoms. The Balaban J connectivity index is 1.89. The van der Waals surface area contributed by atoms with Gasteiger partial charge < -0.3 is 4.90 Å². The summed E-state index contributed by atoms with van der Waals surface area (Å²) in [6, 6.07) is 19.2. The Hall–Kier alpha value is -3.39. The molecule has 0 N–H and O–H groups in total. The number of benzene rings is 2. The molecule has 0 bridgehead atoms. The van der Waals surface area contributed by atoms with Crippen LogP contribution in [0.4, 0.5) is 0 Å². The Bertz CT molecular complexity index is 968. The third-order valence-corrected chi connectivity index (χ3v) is 4.83. The lowest BCUT2D eigenvalue weighted by Gasteiger charge is -2.28. The van der Waals surface area contributed by atoms with Gasteiger partial charge in [-0.05, 0) is 50.6 Å². The van der Waals surface area contributed by atoms with Crippen molar-refractivity contribution in [3.8, 4) is 11.8 Å². The normalized spacial score (nSPS) is 11.6. The number of aromatic nitrogens is 2. The quantitative estimate of drug-likeness (QED) is 0.684. The van der Waals surface area contributed by atoms with Crippen LogP contribution in [0.1, 0.15) is 47.1 Å². The molecule has 136 valence electrons. The maximum atomic E-state index is 13.2. The van der Waals surface area contributed by atoms with Gasteiger partial charge in [0.1, 0.15) is 0 Å². The van der Waals surface area contributed by atoms with Crippen molar-refractivity contribution in [3.63, 3.8) is 0 Å². The molecule has 1 unspecified atom stereocenters. The molecule has 0 saturated heterocycles. The van der Waals surface area contributed by atoms with Gasteiger partial charge in [0.15, 0.2) is 0 Å². The van der Waals surface area contributed by atoms with Crippen LogP contribution in [0.15, 0.2) is 60.8 Å². The molecule has 1 aromatic heterocycles. The fraction of sp³-hybridized carbons (Fsp3) is 0.227. The summed E-state index contributed by atoms with van der Waals surface area (Å²) < 4.78 is 1.79. The number of hydrogen-bond donors (Lipinski definition) is 0. The summed E-state index contributed by atoms with van der Waals surface area (Å²) in [6.45, 7) is 6.46. The number of rotatable bonds is 5. The molecule has 3 aromatic rings. The minimum atomic E-state index is -0.102. The number of para-hydroxylation sites is 1. The molecule has 0 aliphatic heterocycles. The highest BCUT2D eigenvalue weighted by atomic mass is 16.2. The second kappa shape index (κ2) is 7.88. The summed E-state index contributed by atoms with van der Waals surface area (Å²) in [4.78, 5) is 15.0. The van der Waals surface area contributed by atoms with Gasteiger partial charge in [0.2, 0.25) is 0 Å². The summed E-state index contributed by atoms with van der Waals surface area (Å²) in [5.74, 6) is -0.0472. The van der Waals surface area contributed by atoms with E-state index in [4.69, 9.17) is 5.26 Å². The van der Waals surface area contributed by atoms with Gasteiger partial charge in [-0.2, -0.15) is 10.4 Å². The second-order valence-electron chi connectivity index (χ2n) is 6.39. The van der Waals surface area contributed by atoms with Crippen molar-refractivity contribution in [1.29, 1.82) is 5.26 Å². The number of nitriles is 1. The van der Waals surface area contributed by atoms with Crippen LogP contribution < -0.4 is 0 Å². The van der Waals surface area contributed by atoms with Crippen LogP contribution >= 0.6 is 0 Å². The zero-order valence-electron chi connectivity index (χ0n) is 15.8. The standard InChI is InChI=1S/C22H22N4O/c1-4-25(16(2)19-12-10-18(14-23)11-13-19)22(27)21-15-24-26(17(21)3)20-8-6-5-7-9-20/h5-13,15-16H,4H2,1-3H3. The van der Waals surface area contributed by atoms with Crippen molar-refractivity contribution in [2.45, 2.75) is 26.8 Å². The predicted molar refractivity (Wildman–Crippen MR) is 105 cm³/mol. The van der Waals surface area contributed by atoms with Gasteiger partial charge in [-0.15, -0.1) is 0 Å². The van der Waals surface area contributed by atoms with Crippen molar-refractivity contribution in [2.75, 3.05) is 6.54 Å². The van der Waals surface area contributed by atoms with Gasteiger partial charge >= 0.3 is 0 Å². The summed E-state index contributed by atoms with van der Waals surface area (Å²) in [7, 11) is 0. The molecule has 2 aromatic carbocycles. The van der Waals surface area contributed by atoms with Crippen molar-refractivity contribution in [2.24, 2.45) is 0 Å². The van der Waals surface area contributed by atoms with E-state index in [9.17, 15) is 4.79 Å². The van der Waals surface area contributed by atoms with E-state index >= 15 is 0 Å². The fourth-order valence-corrected chi connectivity index (χ4v) is 3.21. The van der Waals surface area contributed by atoms with E-state index in [1.165, 1.54) is 0 Å². The zero-order valence-corrected chi connectivity index (χ0v) is 15.8. The molecular weight excluding hydrogens is 336 g/mol. The van der Waals surface area contributed by atoms with Crippen LogP contribution in [-0.2, 0) is 0 Å². The van der Waals surface area contributed by atoms with Gasteiger partial charge in [0.25, 0.3) is 5.91 Å². The topological polar surface area (TPSA) is 61.9 Å². The minimum Gasteiger partial charge on any atom is -0.332 e. The largest absolute Gasteiger partial charge is 0.332 e. The molecule has 5 heteroatoms. The Kier molecular flexibility index (Phi) is 5.37. The highest BCUT2D eigenvalue weighted by molar-refractivity contribution is 5.95. The van der Waals surface area contributed by atoms with Crippen molar-refractivity contribution in [3.05, 3.63) is 83.2 Å². The molecule has 5 nitrogen and oxygen atoms in total. The van der Waals surface area contributed by atoms with E-state index in [-0.39, 0.29) is 11.9 Å². The van der Waals surface area contributed by atoms with E-state index in [0.717, 1.165) is 16.9 Å². The molecule has 0 spiro atoms. The molecule has 0 aliphatic rings. The third-order valence-electron chi connectivity index (χ3n) is 4.83. The summed E-state index contributed by atoms with van der Waals surface area (Å²) in [6.07, 6.45) is 1.64. The molecular formula is C22H22N4O. The van der Waals surface area contributed by atoms with Crippen molar-refractivity contribution < 1.29 is 4.79 Å². The molecule has 1 atom stereocenters. The smallest absolute Gasteiger partial charge is 0.257 e. The average Bonchev–Trinajstić information content (AvgIpc) is 3.10. The molecule has 0 aliphatic carbocycles. The molecule has 1 amide bonds. The Morgan fingerprint density at radius 1 is 1.19 bits per heavy atom. The summed E-state index contributed by atoms with van der Waals surface area (Å²) >= 11 is 0. The predicted octanol–water partition coefficient (Wildman–Crippen LogP) is 4.28. The third kappa shape index (κ3) is 3.61. The van der Waals surface area contributed by atoms with Crippen LogP contribution in [-0.4, -0.2) is 27.1 Å². The first-order valence-electron chi connectivity index (χ1n) is 8.98. The Labute approximate surface area is 159 Å². The number of nitrogens with zero attached hydrogens (tertiary/aromatic N) is 4. The van der Waals surface area contributed by atoms with Gasteiger partial charge in [-0.3, -0.25) is 4.79 Å². The number of carbonyl (C=O) groups is 1. The van der Waals surface area contributed by atoms with E-state index < -0.39 is 0 Å². The molecule has 0 radical (unpaired) electrons. The lowest BCUT2D eigenvalue weighted by Crippen LogP contribution is -2.33. The maximum absolute atomic E-state index is 13.2. The van der Waals surface area contributed by atoms with Crippen LogP contribution in [0.2, 0.25) is 0 Å². The van der Waals surface area contributed by atoms with E-state index in [2.05, 4.69) is 11.2 Å². The van der Waals surface area contributed by atoms with Crippen molar-refractivity contribution >= 4 is 5.91 Å². The van der Waals surface area contributed by atoms with Crippen LogP contribution in [0.25, 0.3) is 5.69 Å². The SMILES string of the molecule is CCN(C(=O)c1cnn(-c2ccccc2)c1C)C(C)c1ccc(C#N)cc1. The molecule has 3 rings (SSSR count). The van der Waals surface area contributed by atoms with Gasteiger partial charge in [-0.1, -0.05) is 30.3 Å². The van der Waals surface area contributed by atoms with Crippen molar-refractivity contribution in [1.82, 2.24) is 14.7 Å².